The number of nitro benzene ring substituents is 1. The Labute approximate surface area is 146 Å². The molecule has 0 saturated carbocycles. The molecule has 11 heteroatoms. The zero-order valence-electron chi connectivity index (χ0n) is 12.7. The van der Waals surface area contributed by atoms with Crippen LogP contribution in [-0.4, -0.2) is 22.8 Å². The molecule has 0 spiro atoms. The lowest BCUT2D eigenvalue weighted by Gasteiger charge is -2.13. The van der Waals surface area contributed by atoms with Gasteiger partial charge < -0.3 is 10.1 Å². The fourth-order valence-corrected chi connectivity index (χ4v) is 1.89. The van der Waals surface area contributed by atoms with Crippen LogP contribution in [0.5, 0.6) is 11.5 Å². The van der Waals surface area contributed by atoms with E-state index in [-0.39, 0.29) is 5.75 Å². The number of benzene rings is 2. The molecular weight excluding hydrogens is 376 g/mol. The van der Waals surface area contributed by atoms with Gasteiger partial charge in [0, 0.05) is 11.6 Å². The van der Waals surface area contributed by atoms with E-state index >= 15 is 0 Å². The van der Waals surface area contributed by atoms with E-state index in [2.05, 4.69) is 0 Å². The molecule has 136 valence electrons. The van der Waals surface area contributed by atoms with Gasteiger partial charge in [-0.1, -0.05) is 9.24 Å². The molecule has 1 N–H and O–H groups in total. The molecule has 0 aliphatic heterocycles. The number of aldehydes is 1. The van der Waals surface area contributed by atoms with Crippen LogP contribution in [0.25, 0.3) is 0 Å². The Hall–Kier alpha value is -3.00. The first-order valence-corrected chi connectivity index (χ1v) is 7.38. The number of nitrogens with zero attached hydrogens (tertiary/aromatic N) is 1. The molecule has 1 unspecified atom stereocenters. The largest absolute Gasteiger partial charge is 0.454 e. The topological polar surface area (TPSA) is 98.5 Å². The van der Waals surface area contributed by atoms with Crippen molar-refractivity contribution in [3.63, 3.8) is 0 Å². The van der Waals surface area contributed by atoms with Crippen LogP contribution in [0.4, 0.5) is 24.5 Å². The lowest BCUT2D eigenvalue weighted by molar-refractivity contribution is -0.384. The maximum Gasteiger partial charge on any atom is 0.335 e. The number of carbonyl (C=O) groups excluding carboxylic acids is 2. The molecule has 0 bridgehead atoms. The highest BCUT2D eigenvalue weighted by Crippen LogP contribution is 2.35. The number of alkyl halides is 2. The van der Waals surface area contributed by atoms with Gasteiger partial charge >= 0.3 is 5.66 Å². The number of nitro groups is 1. The number of rotatable bonds is 6. The molecule has 0 radical (unpaired) electrons. The predicted molar refractivity (Wildman–Crippen MR) is 88.2 cm³/mol. The molecule has 1 atom stereocenters. The summed E-state index contributed by atoms with van der Waals surface area (Å²) in [7, 11) is 0.978. The fourth-order valence-electron chi connectivity index (χ4n) is 1.82. The standard InChI is InChI=1S/C15H10F3N2O5P/c16-10-5-12(20(23)24)11(19-14(22)15(17,18)26)6-13(10)25-9-3-1-8(7-21)2-4-9/h1-7H,26H2,(H,19,22). The number of carbonyl (C=O) groups is 2. The van der Waals surface area contributed by atoms with E-state index in [1.54, 1.807) is 5.32 Å². The molecule has 0 aliphatic rings. The predicted octanol–water partition coefficient (Wildman–Crippen LogP) is 3.75. The van der Waals surface area contributed by atoms with Gasteiger partial charge in [-0.3, -0.25) is 19.7 Å². The third-order valence-electron chi connectivity index (χ3n) is 3.04. The van der Waals surface area contributed by atoms with Gasteiger partial charge in [-0.2, -0.15) is 8.78 Å². The summed E-state index contributed by atoms with van der Waals surface area (Å²) >= 11 is 0. The first-order chi connectivity index (χ1) is 12.1. The van der Waals surface area contributed by atoms with E-state index in [9.17, 15) is 32.9 Å². The lowest BCUT2D eigenvalue weighted by Crippen LogP contribution is -2.28. The summed E-state index contributed by atoms with van der Waals surface area (Å²) in [6, 6.07) is 6.58. The third-order valence-corrected chi connectivity index (χ3v) is 3.30. The maximum atomic E-state index is 14.0. The summed E-state index contributed by atoms with van der Waals surface area (Å²) in [6.45, 7) is 0. The van der Waals surface area contributed by atoms with Crippen LogP contribution in [0, 0.1) is 15.9 Å². The van der Waals surface area contributed by atoms with Gasteiger partial charge in [0.2, 0.25) is 0 Å². The smallest absolute Gasteiger partial charge is 0.335 e. The van der Waals surface area contributed by atoms with Crippen molar-refractivity contribution < 1.29 is 32.4 Å². The number of ether oxygens (including phenoxy) is 1. The Kier molecular flexibility index (Phi) is 5.56. The Morgan fingerprint density at radius 2 is 1.88 bits per heavy atom. The second kappa shape index (κ2) is 7.49. The van der Waals surface area contributed by atoms with E-state index in [4.69, 9.17) is 4.74 Å². The van der Waals surface area contributed by atoms with Crippen molar-refractivity contribution in [1.29, 1.82) is 0 Å². The molecule has 7 nitrogen and oxygen atoms in total. The summed E-state index contributed by atoms with van der Waals surface area (Å²) < 4.78 is 45.2. The van der Waals surface area contributed by atoms with Crippen LogP contribution < -0.4 is 10.1 Å². The minimum absolute atomic E-state index is 0.0806. The maximum absolute atomic E-state index is 14.0. The molecule has 0 aromatic heterocycles. The van der Waals surface area contributed by atoms with Crippen molar-refractivity contribution in [2.24, 2.45) is 0 Å². The average molecular weight is 386 g/mol. The zero-order chi connectivity index (χ0) is 19.5. The number of hydrogen-bond donors (Lipinski definition) is 1. The Morgan fingerprint density at radius 1 is 1.27 bits per heavy atom. The van der Waals surface area contributed by atoms with E-state index in [1.165, 1.54) is 24.3 Å². The highest BCUT2D eigenvalue weighted by atomic mass is 31.0. The zero-order valence-corrected chi connectivity index (χ0v) is 13.9. The van der Waals surface area contributed by atoms with Gasteiger partial charge in [-0.05, 0) is 24.3 Å². The van der Waals surface area contributed by atoms with E-state index in [1.807, 2.05) is 0 Å². The van der Waals surface area contributed by atoms with Crippen LogP contribution in [0.2, 0.25) is 0 Å². The molecule has 2 aromatic carbocycles. The first kappa shape index (κ1) is 19.3. The highest BCUT2D eigenvalue weighted by molar-refractivity contribution is 7.20. The van der Waals surface area contributed by atoms with Gasteiger partial charge in [0.25, 0.3) is 11.6 Å². The Balaban J connectivity index is 2.40. The van der Waals surface area contributed by atoms with Gasteiger partial charge in [0.05, 0.1) is 11.0 Å². The Bertz CT molecular complexity index is 869. The number of anilines is 1. The summed E-state index contributed by atoms with van der Waals surface area (Å²) in [5, 5.41) is 12.6. The molecular formula is C15H10F3N2O5P. The second-order valence-corrected chi connectivity index (χ2v) is 5.65. The third kappa shape index (κ3) is 4.54. The molecule has 26 heavy (non-hydrogen) atoms. The molecule has 0 heterocycles. The summed E-state index contributed by atoms with van der Waals surface area (Å²) in [5.74, 6) is -3.45. The van der Waals surface area contributed by atoms with Gasteiger partial charge in [-0.15, -0.1) is 0 Å². The van der Waals surface area contributed by atoms with E-state index in [0.717, 1.165) is 15.3 Å². The van der Waals surface area contributed by atoms with Crippen molar-refractivity contribution in [2.75, 3.05) is 5.32 Å². The molecule has 0 aliphatic carbocycles. The van der Waals surface area contributed by atoms with Crippen LogP contribution in [-0.2, 0) is 4.79 Å². The lowest BCUT2D eigenvalue weighted by atomic mass is 10.2. The highest BCUT2D eigenvalue weighted by Gasteiger charge is 2.34. The molecule has 2 aromatic rings. The molecule has 0 fully saturated rings. The van der Waals surface area contributed by atoms with Crippen molar-refractivity contribution >= 4 is 32.8 Å². The fraction of sp³-hybridized carbons (Fsp3) is 0.0667. The van der Waals surface area contributed by atoms with E-state index in [0.29, 0.717) is 17.9 Å². The number of amides is 1. The van der Waals surface area contributed by atoms with E-state index < -0.39 is 39.4 Å². The van der Waals surface area contributed by atoms with Crippen molar-refractivity contribution in [1.82, 2.24) is 0 Å². The monoisotopic (exact) mass is 386 g/mol. The van der Waals surface area contributed by atoms with Crippen molar-refractivity contribution in [3.05, 3.63) is 57.9 Å². The van der Waals surface area contributed by atoms with Crippen LogP contribution in [0.15, 0.2) is 36.4 Å². The van der Waals surface area contributed by atoms with Crippen LogP contribution >= 0.6 is 9.24 Å². The second-order valence-electron chi connectivity index (χ2n) is 4.92. The summed E-state index contributed by atoms with van der Waals surface area (Å²) in [5.41, 5.74) is -5.14. The average Bonchev–Trinajstić information content (AvgIpc) is 2.57. The molecule has 2 rings (SSSR count). The minimum atomic E-state index is -3.88. The van der Waals surface area contributed by atoms with Crippen LogP contribution in [0.3, 0.4) is 0 Å². The number of hydrogen-bond acceptors (Lipinski definition) is 5. The molecule has 1 amide bonds. The molecule has 0 saturated heterocycles. The van der Waals surface area contributed by atoms with Gasteiger partial charge in [-0.25, -0.2) is 4.39 Å². The van der Waals surface area contributed by atoms with Gasteiger partial charge in [0.1, 0.15) is 17.7 Å². The number of halogens is 3. The minimum Gasteiger partial charge on any atom is -0.454 e. The Morgan fingerprint density at radius 3 is 2.38 bits per heavy atom. The van der Waals surface area contributed by atoms with Crippen molar-refractivity contribution in [2.45, 2.75) is 5.66 Å². The summed E-state index contributed by atoms with van der Waals surface area (Å²) in [6.07, 6.45) is 0.576. The number of nitrogens with one attached hydrogen (secondary N) is 1. The van der Waals surface area contributed by atoms with Crippen molar-refractivity contribution in [3.8, 4) is 11.5 Å². The normalized spacial score (nSPS) is 10.9. The first-order valence-electron chi connectivity index (χ1n) is 6.81. The quantitative estimate of drug-likeness (QED) is 0.353. The summed E-state index contributed by atoms with van der Waals surface area (Å²) in [4.78, 5) is 31.9. The van der Waals surface area contributed by atoms with Crippen LogP contribution in [0.1, 0.15) is 10.4 Å². The van der Waals surface area contributed by atoms with Gasteiger partial charge in [0.15, 0.2) is 11.6 Å². The SMILES string of the molecule is O=Cc1ccc(Oc2cc(NC(=O)C(F)(F)P)c([N+](=O)[O-])cc2F)cc1.